The fraction of sp³-hybridized carbons (Fsp3) is 0.115. The predicted octanol–water partition coefficient (Wildman–Crippen LogP) is 6.08. The van der Waals surface area contributed by atoms with E-state index in [1.807, 2.05) is 43.3 Å². The molecule has 6 nitrogen and oxygen atoms in total. The highest BCUT2D eigenvalue weighted by Crippen LogP contribution is 2.37. The topological polar surface area (TPSA) is 67.9 Å². The summed E-state index contributed by atoms with van der Waals surface area (Å²) in [5.74, 6) is 0.327. The van der Waals surface area contributed by atoms with Gasteiger partial charge in [-0.3, -0.25) is 14.5 Å². The number of nitrogens with one attached hydrogen (secondary N) is 1. The molecule has 35 heavy (non-hydrogen) atoms. The first-order valence-electron chi connectivity index (χ1n) is 10.6. The highest BCUT2D eigenvalue weighted by atomic mass is 35.5. The summed E-state index contributed by atoms with van der Waals surface area (Å²) in [4.78, 5) is 27.3. The Hall–Kier alpha value is -3.33. The molecule has 0 bridgehead atoms. The quantitative estimate of drug-likeness (QED) is 0.298. The molecule has 1 aliphatic heterocycles. The fourth-order valence-corrected chi connectivity index (χ4v) is 4.84. The first kappa shape index (κ1) is 24.8. The van der Waals surface area contributed by atoms with Crippen LogP contribution in [0.1, 0.15) is 11.1 Å². The number of thioether (sulfide) groups is 1. The first-order chi connectivity index (χ1) is 16.9. The average molecular weight is 525 g/mol. The number of methoxy groups -OCH3 is 1. The van der Waals surface area contributed by atoms with E-state index in [0.717, 1.165) is 16.8 Å². The third-order valence-corrected chi connectivity index (χ3v) is 6.66. The summed E-state index contributed by atoms with van der Waals surface area (Å²) in [5.41, 5.74) is 2.98. The Balaban J connectivity index is 1.45. The second-order valence-electron chi connectivity index (χ2n) is 7.56. The van der Waals surface area contributed by atoms with Crippen LogP contribution in [0.4, 0.5) is 11.4 Å². The summed E-state index contributed by atoms with van der Waals surface area (Å²) < 4.78 is 11.6. The summed E-state index contributed by atoms with van der Waals surface area (Å²) in [5, 5.41) is 3.32. The fourth-order valence-electron chi connectivity index (χ4n) is 3.37. The highest BCUT2D eigenvalue weighted by molar-refractivity contribution is 8.27. The second kappa shape index (κ2) is 10.9. The lowest BCUT2D eigenvalue weighted by atomic mass is 10.1. The number of rotatable bonds is 7. The van der Waals surface area contributed by atoms with Crippen LogP contribution in [0.2, 0.25) is 5.02 Å². The Morgan fingerprint density at radius 1 is 1.11 bits per heavy atom. The number of ether oxygens (including phenoxy) is 2. The van der Waals surface area contributed by atoms with Crippen LogP contribution in [0.3, 0.4) is 0 Å². The third-order valence-electron chi connectivity index (χ3n) is 5.13. The van der Waals surface area contributed by atoms with Crippen molar-refractivity contribution in [3.05, 3.63) is 87.8 Å². The first-order valence-corrected chi connectivity index (χ1v) is 12.2. The van der Waals surface area contributed by atoms with Crippen molar-refractivity contribution in [2.45, 2.75) is 6.92 Å². The van der Waals surface area contributed by atoms with Crippen molar-refractivity contribution in [1.29, 1.82) is 0 Å². The van der Waals surface area contributed by atoms with Gasteiger partial charge in [0.05, 0.1) is 17.7 Å². The van der Waals surface area contributed by atoms with Crippen molar-refractivity contribution in [2.75, 3.05) is 23.9 Å². The molecule has 1 fully saturated rings. The van der Waals surface area contributed by atoms with Gasteiger partial charge in [0.15, 0.2) is 22.4 Å². The largest absolute Gasteiger partial charge is 0.493 e. The maximum Gasteiger partial charge on any atom is 0.270 e. The van der Waals surface area contributed by atoms with E-state index in [0.29, 0.717) is 31.4 Å². The number of hydrogen-bond acceptors (Lipinski definition) is 6. The summed E-state index contributed by atoms with van der Waals surface area (Å²) in [6.07, 6.45) is 1.75. The predicted molar refractivity (Wildman–Crippen MR) is 145 cm³/mol. The van der Waals surface area contributed by atoms with Crippen molar-refractivity contribution < 1.29 is 19.1 Å². The minimum Gasteiger partial charge on any atom is -0.493 e. The second-order valence-corrected chi connectivity index (χ2v) is 9.67. The molecule has 3 aromatic carbocycles. The van der Waals surface area contributed by atoms with E-state index in [-0.39, 0.29) is 18.4 Å². The summed E-state index contributed by atoms with van der Waals surface area (Å²) >= 11 is 12.7. The molecule has 3 aromatic rings. The molecule has 0 unspecified atom stereocenters. The lowest BCUT2D eigenvalue weighted by Gasteiger charge is -2.14. The van der Waals surface area contributed by atoms with Crippen LogP contribution in [-0.2, 0) is 9.59 Å². The van der Waals surface area contributed by atoms with Crippen LogP contribution in [0.25, 0.3) is 6.08 Å². The van der Waals surface area contributed by atoms with Crippen LogP contribution in [-0.4, -0.2) is 29.9 Å². The number of thiocarbonyl (C=S) groups is 1. The number of benzene rings is 3. The summed E-state index contributed by atoms with van der Waals surface area (Å²) in [6, 6.07) is 19.8. The summed E-state index contributed by atoms with van der Waals surface area (Å²) in [6.45, 7) is 1.67. The molecule has 178 valence electrons. The highest BCUT2D eigenvalue weighted by Gasteiger charge is 2.33. The van der Waals surface area contributed by atoms with Crippen molar-refractivity contribution in [1.82, 2.24) is 0 Å². The summed E-state index contributed by atoms with van der Waals surface area (Å²) in [7, 11) is 1.51. The maximum absolute atomic E-state index is 13.0. The zero-order valence-corrected chi connectivity index (χ0v) is 21.3. The minimum absolute atomic E-state index is 0.182. The number of aryl methyl sites for hydroxylation is 1. The molecule has 0 aliphatic carbocycles. The van der Waals surface area contributed by atoms with Crippen LogP contribution in [0, 0.1) is 6.92 Å². The molecule has 0 saturated carbocycles. The Kier molecular flexibility index (Phi) is 7.75. The molecule has 9 heteroatoms. The molecule has 0 radical (unpaired) electrons. The SMILES string of the molecule is COc1cc(/C=C2\SC(=S)N(c3ccccc3)C2=O)ccc1OCC(=O)Nc1cc(Cl)ccc1C. The van der Waals surface area contributed by atoms with E-state index in [1.165, 1.54) is 23.8 Å². The van der Waals surface area contributed by atoms with Gasteiger partial charge in [0.25, 0.3) is 11.8 Å². The van der Waals surface area contributed by atoms with Gasteiger partial charge in [-0.25, -0.2) is 0 Å². The van der Waals surface area contributed by atoms with Gasteiger partial charge in [-0.15, -0.1) is 0 Å². The Bertz CT molecular complexity index is 1330. The standard InChI is InChI=1S/C26H21ClN2O4S2/c1-16-8-10-18(27)14-20(16)28-24(30)15-33-21-11-9-17(12-22(21)32-2)13-23-25(31)29(26(34)35-23)19-6-4-3-5-7-19/h3-14H,15H2,1-2H3,(H,28,30)/b23-13-. The number of carbonyl (C=O) groups is 2. The van der Waals surface area contributed by atoms with Crippen LogP contribution in [0.5, 0.6) is 11.5 Å². The van der Waals surface area contributed by atoms with E-state index < -0.39 is 0 Å². The normalized spacial score (nSPS) is 14.4. The number of nitrogens with zero attached hydrogens (tertiary/aromatic N) is 1. The number of anilines is 2. The monoisotopic (exact) mass is 524 g/mol. The van der Waals surface area contributed by atoms with E-state index >= 15 is 0 Å². The zero-order valence-electron chi connectivity index (χ0n) is 18.9. The molecule has 0 aromatic heterocycles. The van der Waals surface area contributed by atoms with Gasteiger partial charge in [-0.2, -0.15) is 0 Å². The Labute approximate surface area is 217 Å². The van der Waals surface area contributed by atoms with Crippen LogP contribution < -0.4 is 19.7 Å². The molecule has 1 aliphatic rings. The maximum atomic E-state index is 13.0. The van der Waals surface area contributed by atoms with Gasteiger partial charge in [-0.1, -0.05) is 65.9 Å². The Morgan fingerprint density at radius 3 is 2.63 bits per heavy atom. The van der Waals surface area contributed by atoms with Gasteiger partial charge in [0, 0.05) is 10.7 Å². The Morgan fingerprint density at radius 2 is 1.89 bits per heavy atom. The molecule has 1 heterocycles. The van der Waals surface area contributed by atoms with Gasteiger partial charge in [0.2, 0.25) is 0 Å². The molecular weight excluding hydrogens is 504 g/mol. The van der Waals surface area contributed by atoms with E-state index in [9.17, 15) is 9.59 Å². The number of hydrogen-bond donors (Lipinski definition) is 1. The van der Waals surface area contributed by atoms with Crippen molar-refractivity contribution in [3.63, 3.8) is 0 Å². The van der Waals surface area contributed by atoms with E-state index in [2.05, 4.69) is 5.32 Å². The molecule has 2 amide bonds. The van der Waals surface area contributed by atoms with Crippen molar-refractivity contribution in [2.24, 2.45) is 0 Å². The van der Waals surface area contributed by atoms with Crippen LogP contribution in [0.15, 0.2) is 71.6 Å². The number of carbonyl (C=O) groups excluding carboxylic acids is 2. The number of halogens is 1. The lowest BCUT2D eigenvalue weighted by Crippen LogP contribution is -2.27. The molecule has 0 spiro atoms. The average Bonchev–Trinajstić information content (AvgIpc) is 3.13. The third kappa shape index (κ3) is 5.85. The van der Waals surface area contributed by atoms with Crippen LogP contribution >= 0.6 is 35.6 Å². The molecule has 1 N–H and O–H groups in total. The smallest absolute Gasteiger partial charge is 0.270 e. The molecule has 0 atom stereocenters. The van der Waals surface area contributed by atoms with Gasteiger partial charge < -0.3 is 14.8 Å². The van der Waals surface area contributed by atoms with Gasteiger partial charge >= 0.3 is 0 Å². The molecular formula is C26H21ClN2O4S2. The zero-order chi connectivity index (χ0) is 24.9. The van der Waals surface area contributed by atoms with Crippen molar-refractivity contribution in [3.8, 4) is 11.5 Å². The minimum atomic E-state index is -0.328. The van der Waals surface area contributed by atoms with Gasteiger partial charge in [0.1, 0.15) is 0 Å². The van der Waals surface area contributed by atoms with E-state index in [1.54, 1.807) is 36.4 Å². The molecule has 1 saturated heterocycles. The van der Waals surface area contributed by atoms with E-state index in [4.69, 9.17) is 33.3 Å². The van der Waals surface area contributed by atoms with Crippen molar-refractivity contribution >= 4 is 69.2 Å². The van der Waals surface area contributed by atoms with Gasteiger partial charge in [-0.05, 0) is 60.5 Å². The number of para-hydroxylation sites is 1. The lowest BCUT2D eigenvalue weighted by molar-refractivity contribution is -0.118. The molecule has 4 rings (SSSR count). The number of amides is 2.